The lowest BCUT2D eigenvalue weighted by molar-refractivity contribution is 0.194. The second-order valence-corrected chi connectivity index (χ2v) is 36.6. The van der Waals surface area contributed by atoms with Gasteiger partial charge >= 0.3 is 0 Å². The zero-order chi connectivity index (χ0) is 62.1. The van der Waals surface area contributed by atoms with E-state index in [1.54, 1.807) is 5.56 Å². The molecule has 6 heteroatoms. The molecule has 8 aromatic rings. The third-order valence-electron chi connectivity index (χ3n) is 26.2. The van der Waals surface area contributed by atoms with Crippen LogP contribution < -0.4 is 31.3 Å². The van der Waals surface area contributed by atoms with E-state index in [0.717, 1.165) is 43.3 Å². The van der Waals surface area contributed by atoms with E-state index in [1.165, 1.54) is 172 Å². The van der Waals surface area contributed by atoms with Gasteiger partial charge in [0.25, 0.3) is 6.71 Å². The predicted molar refractivity (Wildman–Crippen MR) is 379 cm³/mol. The van der Waals surface area contributed by atoms with Gasteiger partial charge in [-0.2, -0.15) is 0 Å². The Labute approximate surface area is 532 Å². The highest BCUT2D eigenvalue weighted by atomic mass is 32.1. The summed E-state index contributed by atoms with van der Waals surface area (Å²) in [7, 11) is 0. The normalized spacial score (nSPS) is 25.5. The smallest absolute Gasteiger partial charge is 0.298 e. The van der Waals surface area contributed by atoms with Gasteiger partial charge in [-0.1, -0.05) is 149 Å². The minimum absolute atomic E-state index is 0.00299. The van der Waals surface area contributed by atoms with Crippen LogP contribution in [-0.4, -0.2) is 12.3 Å². The molecule has 0 radical (unpaired) electrons. The first-order valence-electron chi connectivity index (χ1n) is 34.3. The van der Waals surface area contributed by atoms with Crippen LogP contribution in [0.4, 0.5) is 44.8 Å². The number of furan rings is 1. The first-order chi connectivity index (χ1) is 41.1. The van der Waals surface area contributed by atoms with Crippen molar-refractivity contribution in [3.05, 3.63) is 146 Å². The molecule has 1 fully saturated rings. The Morgan fingerprint density at radius 1 is 0.409 bits per heavy atom. The Bertz CT molecular complexity index is 4400. The van der Waals surface area contributed by atoms with Crippen molar-refractivity contribution in [3.63, 3.8) is 0 Å². The quantitative estimate of drug-likeness (QED) is 0.164. The fourth-order valence-electron chi connectivity index (χ4n) is 20.0. The van der Waals surface area contributed by atoms with Crippen molar-refractivity contribution < 1.29 is 4.42 Å². The van der Waals surface area contributed by atoms with Crippen LogP contribution in [-0.2, 0) is 48.7 Å². The first-order valence-corrected chi connectivity index (χ1v) is 35.1. The molecular formula is C82H98BN3OS. The number of hydrogen-bond donors (Lipinski definition) is 0. The molecule has 5 heterocycles. The average Bonchev–Trinajstić information content (AvgIpc) is 1.28. The molecule has 0 spiro atoms. The van der Waals surface area contributed by atoms with Crippen molar-refractivity contribution in [2.75, 3.05) is 14.7 Å². The lowest BCUT2D eigenvalue weighted by atomic mass is 9.35. The molecule has 8 aliphatic rings. The third kappa shape index (κ3) is 7.57. The van der Waals surface area contributed by atoms with E-state index < -0.39 is 0 Å². The monoisotopic (exact) mass is 1180 g/mol. The Hall–Kier alpha value is -5.72. The largest absolute Gasteiger partial charge is 0.468 e. The van der Waals surface area contributed by atoms with Crippen molar-refractivity contribution in [2.24, 2.45) is 0 Å². The van der Waals surface area contributed by atoms with Crippen LogP contribution in [0.15, 0.2) is 89.3 Å². The van der Waals surface area contributed by atoms with Gasteiger partial charge in [-0.3, -0.25) is 0 Å². The van der Waals surface area contributed by atoms with Crippen LogP contribution in [0.5, 0.6) is 0 Å². The number of benzene rings is 6. The van der Waals surface area contributed by atoms with Crippen LogP contribution in [0, 0.1) is 13.8 Å². The van der Waals surface area contributed by atoms with E-state index in [0.29, 0.717) is 0 Å². The number of fused-ring (bicyclic) bond motifs is 15. The minimum Gasteiger partial charge on any atom is -0.468 e. The molecule has 2 unspecified atom stereocenters. The second kappa shape index (κ2) is 17.7. The van der Waals surface area contributed by atoms with Crippen molar-refractivity contribution in [3.8, 4) is 0 Å². The predicted octanol–water partition coefficient (Wildman–Crippen LogP) is 21.5. The average molecular weight is 1180 g/mol. The summed E-state index contributed by atoms with van der Waals surface area (Å²) in [6.07, 6.45) is 14.1. The summed E-state index contributed by atoms with van der Waals surface area (Å²) in [4.78, 5) is 8.49. The molecule has 6 aromatic carbocycles. The molecule has 88 heavy (non-hydrogen) atoms. The van der Waals surface area contributed by atoms with E-state index >= 15 is 0 Å². The molecule has 1 saturated carbocycles. The molecule has 0 saturated heterocycles. The molecule has 2 aromatic heterocycles. The van der Waals surface area contributed by atoms with Gasteiger partial charge < -0.3 is 19.1 Å². The van der Waals surface area contributed by atoms with Gasteiger partial charge in [-0.25, -0.2) is 0 Å². The number of thiophene rings is 1. The molecule has 5 aliphatic carbocycles. The maximum atomic E-state index is 8.07. The summed E-state index contributed by atoms with van der Waals surface area (Å²) in [6.45, 7) is 49.8. The molecule has 3 aliphatic heterocycles. The maximum Gasteiger partial charge on any atom is 0.298 e. The van der Waals surface area contributed by atoms with Crippen molar-refractivity contribution >= 4 is 101 Å². The van der Waals surface area contributed by atoms with Gasteiger partial charge in [0.15, 0.2) is 0 Å². The van der Waals surface area contributed by atoms with Crippen molar-refractivity contribution in [1.29, 1.82) is 0 Å². The Morgan fingerprint density at radius 2 is 0.864 bits per heavy atom. The molecule has 0 N–H and O–H groups in total. The number of nitrogens with zero attached hydrogens (tertiary/aromatic N) is 3. The van der Waals surface area contributed by atoms with Gasteiger partial charge in [0.2, 0.25) is 0 Å². The fourth-order valence-corrected chi connectivity index (χ4v) is 21.3. The standard InChI is InChI=1S/C82H98BN3OS/c1-47-37-48(2)67-62(38-47)86(82(20)28-22-21-27-81(67,82)19)51-41-63-69-64(42-51)85(50-24-26-55-57(40-50)76(9,10)32-30-74(55,5)6)72-68(53-44-59-61(46-66(53)88-72)80(17,18)36-34-78(59,13)14)83(69)71-70(52-43-58-60(45-65(52)87-71)79(15,16)35-33-77(58,11)12)84(63)49-23-25-54-56(39-49)75(7,8)31-29-73(54,3)4/h23-26,37-46H,21-22,27-36H2,1-20H3. The Morgan fingerprint density at radius 3 is 1.41 bits per heavy atom. The zero-order valence-corrected chi connectivity index (χ0v) is 58.1. The summed E-state index contributed by atoms with van der Waals surface area (Å²) < 4.78 is 9.46. The molecule has 0 amide bonds. The molecule has 4 nitrogen and oxygen atoms in total. The second-order valence-electron chi connectivity index (χ2n) is 35.6. The van der Waals surface area contributed by atoms with Crippen LogP contribution in [0.2, 0.25) is 0 Å². The van der Waals surface area contributed by atoms with Crippen LogP contribution in [0.3, 0.4) is 0 Å². The molecular weight excluding hydrogens is 1090 g/mol. The summed E-state index contributed by atoms with van der Waals surface area (Å²) in [5.74, 6) is 0. The zero-order valence-electron chi connectivity index (χ0n) is 57.3. The van der Waals surface area contributed by atoms with Gasteiger partial charge in [-0.05, 0) is 273 Å². The molecule has 2 atom stereocenters. The molecule has 0 bridgehead atoms. The molecule has 456 valence electrons. The number of anilines is 8. The van der Waals surface area contributed by atoms with Gasteiger partial charge in [0, 0.05) is 49.6 Å². The lowest BCUT2D eigenvalue weighted by Crippen LogP contribution is -2.61. The summed E-state index contributed by atoms with van der Waals surface area (Å²) in [6, 6.07) is 36.4. The number of hydrogen-bond acceptors (Lipinski definition) is 5. The van der Waals surface area contributed by atoms with Gasteiger partial charge in [0.05, 0.1) is 21.9 Å². The number of rotatable bonds is 3. The van der Waals surface area contributed by atoms with Crippen molar-refractivity contribution in [2.45, 2.75) is 270 Å². The minimum atomic E-state index is -0.180. The Balaban J connectivity index is 1.09. The van der Waals surface area contributed by atoms with Crippen LogP contribution >= 0.6 is 11.3 Å². The summed E-state index contributed by atoms with van der Waals surface area (Å²) in [5.41, 5.74) is 30.2. The van der Waals surface area contributed by atoms with Gasteiger partial charge in [-0.15, -0.1) is 11.3 Å². The Kier molecular flexibility index (Phi) is 11.5. The first kappa shape index (κ1) is 57.4. The molecule has 16 rings (SSSR count). The van der Waals surface area contributed by atoms with Crippen molar-refractivity contribution in [1.82, 2.24) is 0 Å². The van der Waals surface area contributed by atoms with Gasteiger partial charge in [0.1, 0.15) is 5.58 Å². The SMILES string of the molecule is Cc1cc(C)c2c(c1)N(c1cc3c4c(c1)N(c1ccc5c(c1)C(C)(C)CCC5(C)C)c1c(oc5cc6c(cc15)C(C)(C)CCC6(C)C)B4c1c(sc4cc5c(cc14)C(C)(C)CCC5(C)C)N3c1ccc3c(c1)C(C)(C)CCC3(C)C)C1(C)CCCCC21C. The third-order valence-corrected chi connectivity index (χ3v) is 27.3. The topological polar surface area (TPSA) is 22.9 Å². The maximum absolute atomic E-state index is 8.07. The van der Waals surface area contributed by atoms with Crippen LogP contribution in [0.25, 0.3) is 21.1 Å². The van der Waals surface area contributed by atoms with E-state index in [-0.39, 0.29) is 61.0 Å². The van der Waals surface area contributed by atoms with E-state index in [9.17, 15) is 0 Å². The van der Waals surface area contributed by atoms with E-state index in [2.05, 4.69) is 238 Å². The summed E-state index contributed by atoms with van der Waals surface area (Å²) >= 11 is 2.04. The van der Waals surface area contributed by atoms with E-state index in [1.807, 2.05) is 11.3 Å². The number of aryl methyl sites for hydroxylation is 2. The fraction of sp³-hybridized carbons (Fsp3) is 0.512. The lowest BCUT2D eigenvalue weighted by Gasteiger charge is -2.51. The van der Waals surface area contributed by atoms with Crippen LogP contribution in [0.1, 0.15) is 263 Å². The summed E-state index contributed by atoms with van der Waals surface area (Å²) in [5, 5.41) is 3.97. The highest BCUT2D eigenvalue weighted by Crippen LogP contribution is 2.64. The van der Waals surface area contributed by atoms with E-state index in [4.69, 9.17) is 4.42 Å². The highest BCUT2D eigenvalue weighted by molar-refractivity contribution is 7.26. The highest BCUT2D eigenvalue weighted by Gasteiger charge is 2.60.